The molecule has 1 aromatic rings. The molecule has 1 saturated heterocycles. The fourth-order valence-electron chi connectivity index (χ4n) is 2.15. The van der Waals surface area contributed by atoms with Crippen molar-refractivity contribution < 1.29 is 0 Å². The van der Waals surface area contributed by atoms with E-state index in [1.807, 2.05) is 35.3 Å². The summed E-state index contributed by atoms with van der Waals surface area (Å²) in [6.07, 6.45) is 3.57. The van der Waals surface area contributed by atoms with Crippen LogP contribution in [0.25, 0.3) is 0 Å². The van der Waals surface area contributed by atoms with Gasteiger partial charge in [0.05, 0.1) is 0 Å². The summed E-state index contributed by atoms with van der Waals surface area (Å²) >= 11 is 0. The van der Waals surface area contributed by atoms with E-state index in [0.717, 1.165) is 31.5 Å². The van der Waals surface area contributed by atoms with Gasteiger partial charge in [-0.15, -0.1) is 0 Å². The second kappa shape index (κ2) is 7.49. The van der Waals surface area contributed by atoms with Crippen LogP contribution in [-0.2, 0) is 6.54 Å². The molecule has 0 spiro atoms. The molecule has 20 heavy (non-hydrogen) atoms. The Hall–Kier alpha value is -2.08. The first-order valence-electron chi connectivity index (χ1n) is 6.97. The molecule has 1 fully saturated rings. The zero-order valence-corrected chi connectivity index (χ0v) is 11.6. The fourth-order valence-corrected chi connectivity index (χ4v) is 2.15. The lowest BCUT2D eigenvalue weighted by molar-refractivity contribution is 0.192. The number of piperidine rings is 1. The Morgan fingerprint density at radius 3 is 2.40 bits per heavy atom. The highest BCUT2D eigenvalue weighted by Gasteiger charge is 2.11. The first kappa shape index (κ1) is 14.3. The summed E-state index contributed by atoms with van der Waals surface area (Å²) in [5.74, 6) is 0.265. The number of hydrogen-bond acceptors (Lipinski definition) is 3. The van der Waals surface area contributed by atoms with Gasteiger partial charge in [0.25, 0.3) is 0 Å². The smallest absolute Gasteiger partial charge is 0.210 e. The molecule has 1 aromatic carbocycles. The molecule has 0 unspecified atom stereocenters. The van der Waals surface area contributed by atoms with Gasteiger partial charge in [-0.05, 0) is 18.4 Å². The van der Waals surface area contributed by atoms with Crippen molar-refractivity contribution in [2.75, 3.05) is 13.1 Å². The number of nitrogens with zero attached hydrogens (tertiary/aromatic N) is 1. The molecule has 1 aliphatic heterocycles. The van der Waals surface area contributed by atoms with E-state index in [9.17, 15) is 0 Å². The first-order chi connectivity index (χ1) is 9.74. The molecule has 0 amide bonds. The minimum atomic E-state index is 0.128. The molecule has 6 heteroatoms. The van der Waals surface area contributed by atoms with Crippen molar-refractivity contribution in [1.82, 2.24) is 21.1 Å². The van der Waals surface area contributed by atoms with Crippen molar-refractivity contribution in [3.63, 3.8) is 0 Å². The van der Waals surface area contributed by atoms with Gasteiger partial charge in [0, 0.05) is 19.6 Å². The van der Waals surface area contributed by atoms with Gasteiger partial charge in [0.15, 0.2) is 5.96 Å². The maximum absolute atomic E-state index is 7.79. The molecule has 0 atom stereocenters. The SMILES string of the molecule is N=C(NCc1ccccc1)NC(=N)NN1CCCCC1. The summed E-state index contributed by atoms with van der Waals surface area (Å²) in [5.41, 5.74) is 4.08. The Labute approximate surface area is 119 Å². The van der Waals surface area contributed by atoms with Crippen LogP contribution in [0, 0.1) is 10.8 Å². The third kappa shape index (κ3) is 4.89. The minimum absolute atomic E-state index is 0.128. The molecule has 0 bridgehead atoms. The minimum Gasteiger partial charge on any atom is -0.352 e. The fraction of sp³-hybridized carbons (Fsp3) is 0.429. The van der Waals surface area contributed by atoms with E-state index in [0.29, 0.717) is 6.54 Å². The highest BCUT2D eigenvalue weighted by Crippen LogP contribution is 2.05. The van der Waals surface area contributed by atoms with Crippen molar-refractivity contribution in [2.24, 2.45) is 0 Å². The summed E-state index contributed by atoms with van der Waals surface area (Å²) in [4.78, 5) is 0. The van der Waals surface area contributed by atoms with Crippen molar-refractivity contribution >= 4 is 11.9 Å². The zero-order chi connectivity index (χ0) is 14.2. The molecule has 0 aliphatic carbocycles. The van der Waals surface area contributed by atoms with Gasteiger partial charge in [-0.1, -0.05) is 36.8 Å². The van der Waals surface area contributed by atoms with Gasteiger partial charge in [-0.3, -0.25) is 21.6 Å². The van der Waals surface area contributed by atoms with E-state index in [4.69, 9.17) is 10.8 Å². The van der Waals surface area contributed by atoms with Crippen LogP contribution in [-0.4, -0.2) is 30.0 Å². The topological polar surface area (TPSA) is 87.0 Å². The average molecular weight is 274 g/mol. The lowest BCUT2D eigenvalue weighted by Crippen LogP contribution is -2.53. The van der Waals surface area contributed by atoms with Gasteiger partial charge in [0.1, 0.15) is 0 Å². The van der Waals surface area contributed by atoms with Gasteiger partial charge < -0.3 is 5.32 Å². The van der Waals surface area contributed by atoms with Crippen LogP contribution in [0.15, 0.2) is 30.3 Å². The Bertz CT molecular complexity index is 438. The molecule has 1 aliphatic rings. The standard InChI is InChI=1S/C14H22N6/c15-13(17-11-12-7-3-1-4-8-12)18-14(16)19-20-9-5-2-6-10-20/h1,3-4,7-8H,2,5-6,9-11H2,(H5,15,16,17,18,19). The molecule has 6 nitrogen and oxygen atoms in total. The average Bonchev–Trinajstić information content (AvgIpc) is 2.47. The second-order valence-corrected chi connectivity index (χ2v) is 4.87. The van der Waals surface area contributed by atoms with E-state index in [2.05, 4.69) is 16.1 Å². The van der Waals surface area contributed by atoms with E-state index >= 15 is 0 Å². The monoisotopic (exact) mass is 274 g/mol. The number of guanidine groups is 2. The summed E-state index contributed by atoms with van der Waals surface area (Å²) in [7, 11) is 0. The molecule has 0 radical (unpaired) electrons. The second-order valence-electron chi connectivity index (χ2n) is 4.87. The third-order valence-corrected chi connectivity index (χ3v) is 3.19. The van der Waals surface area contributed by atoms with E-state index < -0.39 is 0 Å². The van der Waals surface area contributed by atoms with Gasteiger partial charge in [-0.25, -0.2) is 5.01 Å². The molecule has 0 aromatic heterocycles. The van der Waals surface area contributed by atoms with Crippen molar-refractivity contribution in [3.05, 3.63) is 35.9 Å². The molecule has 5 N–H and O–H groups in total. The van der Waals surface area contributed by atoms with Crippen LogP contribution in [0.3, 0.4) is 0 Å². The Kier molecular flexibility index (Phi) is 5.37. The Morgan fingerprint density at radius 1 is 1.00 bits per heavy atom. The predicted molar refractivity (Wildman–Crippen MR) is 80.4 cm³/mol. The van der Waals surface area contributed by atoms with Crippen molar-refractivity contribution in [2.45, 2.75) is 25.8 Å². The molecule has 1 heterocycles. The zero-order valence-electron chi connectivity index (χ0n) is 11.6. The van der Waals surface area contributed by atoms with Crippen molar-refractivity contribution in [3.8, 4) is 0 Å². The van der Waals surface area contributed by atoms with Crippen LogP contribution >= 0.6 is 0 Å². The summed E-state index contributed by atoms with van der Waals surface area (Å²) in [6, 6.07) is 9.89. The molecule has 2 rings (SSSR count). The Morgan fingerprint density at radius 2 is 1.70 bits per heavy atom. The van der Waals surface area contributed by atoms with Gasteiger partial charge in [-0.2, -0.15) is 0 Å². The van der Waals surface area contributed by atoms with Gasteiger partial charge >= 0.3 is 0 Å². The Balaban J connectivity index is 1.67. The molecule has 108 valence electrons. The normalized spacial score (nSPS) is 15.4. The maximum Gasteiger partial charge on any atom is 0.210 e. The molecular weight excluding hydrogens is 252 g/mol. The van der Waals surface area contributed by atoms with Gasteiger partial charge in [0.2, 0.25) is 5.96 Å². The summed E-state index contributed by atoms with van der Waals surface area (Å²) in [5, 5.41) is 23.2. The third-order valence-electron chi connectivity index (χ3n) is 3.19. The summed E-state index contributed by atoms with van der Waals surface area (Å²) in [6.45, 7) is 2.48. The number of nitrogens with one attached hydrogen (secondary N) is 5. The molecular formula is C14H22N6. The summed E-state index contributed by atoms with van der Waals surface area (Å²) < 4.78 is 0. The lowest BCUT2D eigenvalue weighted by Gasteiger charge is -2.28. The van der Waals surface area contributed by atoms with Crippen LogP contribution in [0.2, 0.25) is 0 Å². The van der Waals surface area contributed by atoms with Crippen LogP contribution in [0.1, 0.15) is 24.8 Å². The highest BCUT2D eigenvalue weighted by atomic mass is 15.5. The quantitative estimate of drug-likeness (QED) is 0.424. The number of hydrogen-bond donors (Lipinski definition) is 5. The van der Waals surface area contributed by atoms with E-state index in [1.54, 1.807) is 0 Å². The number of hydrazine groups is 1. The van der Waals surface area contributed by atoms with E-state index in [1.165, 1.54) is 6.42 Å². The van der Waals surface area contributed by atoms with Crippen LogP contribution in [0.5, 0.6) is 0 Å². The van der Waals surface area contributed by atoms with Crippen LogP contribution < -0.4 is 16.1 Å². The largest absolute Gasteiger partial charge is 0.352 e. The maximum atomic E-state index is 7.79. The molecule has 0 saturated carbocycles. The number of rotatable bonds is 3. The lowest BCUT2D eigenvalue weighted by atomic mass is 10.2. The number of benzene rings is 1. The highest BCUT2D eigenvalue weighted by molar-refractivity contribution is 5.95. The first-order valence-corrected chi connectivity index (χ1v) is 6.97. The van der Waals surface area contributed by atoms with E-state index in [-0.39, 0.29) is 11.9 Å². The van der Waals surface area contributed by atoms with Crippen LogP contribution in [0.4, 0.5) is 0 Å². The predicted octanol–water partition coefficient (Wildman–Crippen LogP) is 1.23. The van der Waals surface area contributed by atoms with Crippen molar-refractivity contribution in [1.29, 1.82) is 10.8 Å².